The highest BCUT2D eigenvalue weighted by molar-refractivity contribution is 5.72. The molecule has 0 aliphatic carbocycles. The van der Waals surface area contributed by atoms with E-state index in [4.69, 9.17) is 14.6 Å². The molecular weight excluding hydrogens is 179 g/mol. The lowest BCUT2D eigenvalue weighted by molar-refractivity contribution is -0.268. The van der Waals surface area contributed by atoms with Crippen molar-refractivity contribution in [2.75, 3.05) is 13.2 Å². The second-order valence-electron chi connectivity index (χ2n) is 3.52. The number of hydrogen-bond acceptors (Lipinski definition) is 3. The molecule has 76 valence electrons. The van der Waals surface area contributed by atoms with E-state index in [-0.39, 0.29) is 13.2 Å². The van der Waals surface area contributed by atoms with Gasteiger partial charge in [0, 0.05) is 5.92 Å². The molecule has 1 saturated heterocycles. The Kier molecular flexibility index (Phi) is 2.87. The van der Waals surface area contributed by atoms with E-state index in [1.165, 1.54) is 0 Å². The second-order valence-corrected chi connectivity index (χ2v) is 3.52. The SMILES string of the molecule is CC1(C)OCC(C(F)C(=O)O)CO1. The van der Waals surface area contributed by atoms with Gasteiger partial charge in [0.15, 0.2) is 5.79 Å². The molecule has 1 N–H and O–H groups in total. The highest BCUT2D eigenvalue weighted by Crippen LogP contribution is 2.23. The van der Waals surface area contributed by atoms with Gasteiger partial charge >= 0.3 is 5.97 Å². The highest BCUT2D eigenvalue weighted by Gasteiger charge is 2.36. The maximum atomic E-state index is 12.9. The van der Waals surface area contributed by atoms with Crippen molar-refractivity contribution in [2.24, 2.45) is 5.92 Å². The standard InChI is InChI=1S/C8H13FO4/c1-8(2)12-3-5(4-13-8)6(9)7(10)11/h5-6H,3-4H2,1-2H3,(H,10,11). The summed E-state index contributed by atoms with van der Waals surface area (Å²) < 4.78 is 23.2. The minimum Gasteiger partial charge on any atom is -0.479 e. The number of alkyl halides is 1. The van der Waals surface area contributed by atoms with Crippen molar-refractivity contribution in [3.63, 3.8) is 0 Å². The molecule has 1 rings (SSSR count). The normalized spacial score (nSPS) is 25.5. The van der Waals surface area contributed by atoms with E-state index in [1.54, 1.807) is 13.8 Å². The average Bonchev–Trinajstić information content (AvgIpc) is 2.03. The van der Waals surface area contributed by atoms with E-state index in [0.717, 1.165) is 0 Å². The summed E-state index contributed by atoms with van der Waals surface area (Å²) in [5, 5.41) is 8.38. The summed E-state index contributed by atoms with van der Waals surface area (Å²) >= 11 is 0. The van der Waals surface area contributed by atoms with Crippen molar-refractivity contribution in [2.45, 2.75) is 25.8 Å². The number of halogens is 1. The predicted molar refractivity (Wildman–Crippen MR) is 42.0 cm³/mol. The molecule has 4 nitrogen and oxygen atoms in total. The fourth-order valence-electron chi connectivity index (χ4n) is 1.08. The van der Waals surface area contributed by atoms with Crippen LogP contribution in [0.15, 0.2) is 0 Å². The molecule has 0 amide bonds. The van der Waals surface area contributed by atoms with Crippen LogP contribution in [0.3, 0.4) is 0 Å². The summed E-state index contributed by atoms with van der Waals surface area (Å²) in [5.74, 6) is -2.89. The molecule has 0 saturated carbocycles. The zero-order valence-corrected chi connectivity index (χ0v) is 7.62. The molecule has 0 spiro atoms. The van der Waals surface area contributed by atoms with Gasteiger partial charge in [-0.1, -0.05) is 0 Å². The topological polar surface area (TPSA) is 55.8 Å². The van der Waals surface area contributed by atoms with Crippen molar-refractivity contribution in [1.82, 2.24) is 0 Å². The highest BCUT2D eigenvalue weighted by atomic mass is 19.1. The largest absolute Gasteiger partial charge is 0.479 e. The summed E-state index contributed by atoms with van der Waals surface area (Å²) in [5.41, 5.74) is 0. The number of carboxylic acid groups (broad SMARTS) is 1. The van der Waals surface area contributed by atoms with E-state index in [1.807, 2.05) is 0 Å². The van der Waals surface area contributed by atoms with E-state index in [2.05, 4.69) is 0 Å². The number of ether oxygens (including phenoxy) is 2. The van der Waals surface area contributed by atoms with E-state index in [0.29, 0.717) is 0 Å². The third kappa shape index (κ3) is 2.63. The van der Waals surface area contributed by atoms with Gasteiger partial charge in [-0.15, -0.1) is 0 Å². The number of aliphatic carboxylic acids is 1. The third-order valence-electron chi connectivity index (χ3n) is 1.94. The zero-order valence-electron chi connectivity index (χ0n) is 7.62. The lowest BCUT2D eigenvalue weighted by Crippen LogP contribution is -2.44. The van der Waals surface area contributed by atoms with Crippen molar-refractivity contribution < 1.29 is 23.8 Å². The van der Waals surface area contributed by atoms with Crippen LogP contribution in [0.1, 0.15) is 13.8 Å². The molecule has 0 radical (unpaired) electrons. The number of carbonyl (C=O) groups is 1. The van der Waals surface area contributed by atoms with Crippen LogP contribution in [0, 0.1) is 5.92 Å². The minimum absolute atomic E-state index is 0.0838. The first kappa shape index (κ1) is 10.4. The van der Waals surface area contributed by atoms with Gasteiger partial charge < -0.3 is 14.6 Å². The molecule has 5 heteroatoms. The second kappa shape index (κ2) is 3.59. The van der Waals surface area contributed by atoms with Gasteiger partial charge in [0.1, 0.15) is 0 Å². The average molecular weight is 192 g/mol. The molecule has 1 aliphatic heterocycles. The van der Waals surface area contributed by atoms with Crippen LogP contribution in [-0.4, -0.2) is 36.2 Å². The Bertz CT molecular complexity index is 194. The number of hydrogen-bond donors (Lipinski definition) is 1. The number of carboxylic acids is 1. The molecule has 1 aliphatic rings. The summed E-state index contributed by atoms with van der Waals surface area (Å²) in [4.78, 5) is 10.3. The lowest BCUT2D eigenvalue weighted by atomic mass is 10.0. The van der Waals surface area contributed by atoms with E-state index >= 15 is 0 Å². The molecule has 1 atom stereocenters. The minimum atomic E-state index is -1.91. The van der Waals surface area contributed by atoms with Crippen LogP contribution in [0.25, 0.3) is 0 Å². The van der Waals surface area contributed by atoms with Crippen LogP contribution in [0.2, 0.25) is 0 Å². The summed E-state index contributed by atoms with van der Waals surface area (Å²) in [6, 6.07) is 0. The molecule has 0 aromatic heterocycles. The molecular formula is C8H13FO4. The van der Waals surface area contributed by atoms with Gasteiger partial charge in [-0.3, -0.25) is 0 Å². The first-order chi connectivity index (χ1) is 5.92. The molecule has 0 aromatic rings. The fourth-order valence-corrected chi connectivity index (χ4v) is 1.08. The summed E-state index contributed by atoms with van der Waals surface area (Å²) in [6.45, 7) is 3.58. The van der Waals surface area contributed by atoms with Crippen molar-refractivity contribution in [3.05, 3.63) is 0 Å². The lowest BCUT2D eigenvalue weighted by Gasteiger charge is -2.35. The molecule has 1 unspecified atom stereocenters. The van der Waals surface area contributed by atoms with Crippen LogP contribution in [-0.2, 0) is 14.3 Å². The fraction of sp³-hybridized carbons (Fsp3) is 0.875. The monoisotopic (exact) mass is 192 g/mol. The maximum Gasteiger partial charge on any atom is 0.338 e. The Morgan fingerprint density at radius 1 is 1.54 bits per heavy atom. The Morgan fingerprint density at radius 3 is 2.38 bits per heavy atom. The van der Waals surface area contributed by atoms with E-state index in [9.17, 15) is 9.18 Å². The van der Waals surface area contributed by atoms with Crippen molar-refractivity contribution in [1.29, 1.82) is 0 Å². The Balaban J connectivity index is 2.45. The van der Waals surface area contributed by atoms with Gasteiger partial charge in [0.25, 0.3) is 0 Å². The van der Waals surface area contributed by atoms with Crippen LogP contribution in [0.4, 0.5) is 4.39 Å². The van der Waals surface area contributed by atoms with Gasteiger partial charge in [-0.25, -0.2) is 9.18 Å². The molecule has 0 bridgehead atoms. The number of rotatable bonds is 2. The van der Waals surface area contributed by atoms with Crippen molar-refractivity contribution in [3.8, 4) is 0 Å². The van der Waals surface area contributed by atoms with Gasteiger partial charge in [0.05, 0.1) is 13.2 Å². The quantitative estimate of drug-likeness (QED) is 0.703. The summed E-state index contributed by atoms with van der Waals surface area (Å²) in [6.07, 6.45) is -1.91. The Hall–Kier alpha value is -0.680. The molecule has 0 aromatic carbocycles. The Labute approximate surface area is 75.6 Å². The first-order valence-corrected chi connectivity index (χ1v) is 4.07. The summed E-state index contributed by atoms with van der Waals surface area (Å²) in [7, 11) is 0. The first-order valence-electron chi connectivity index (χ1n) is 4.07. The van der Waals surface area contributed by atoms with Gasteiger partial charge in [-0.05, 0) is 13.8 Å². The molecule has 1 heterocycles. The van der Waals surface area contributed by atoms with Crippen LogP contribution >= 0.6 is 0 Å². The molecule has 1 fully saturated rings. The Morgan fingerprint density at radius 2 is 2.00 bits per heavy atom. The van der Waals surface area contributed by atoms with E-state index < -0.39 is 23.8 Å². The van der Waals surface area contributed by atoms with Crippen LogP contribution in [0.5, 0.6) is 0 Å². The van der Waals surface area contributed by atoms with Gasteiger partial charge in [-0.2, -0.15) is 0 Å². The zero-order chi connectivity index (χ0) is 10.1. The van der Waals surface area contributed by atoms with Crippen molar-refractivity contribution >= 4 is 5.97 Å². The third-order valence-corrected chi connectivity index (χ3v) is 1.94. The van der Waals surface area contributed by atoms with Gasteiger partial charge in [0.2, 0.25) is 6.17 Å². The smallest absolute Gasteiger partial charge is 0.338 e. The maximum absolute atomic E-state index is 12.9. The van der Waals surface area contributed by atoms with Crippen LogP contribution < -0.4 is 0 Å². The predicted octanol–water partition coefficient (Wildman–Crippen LogP) is 0.808. The molecule has 13 heavy (non-hydrogen) atoms.